The van der Waals surface area contributed by atoms with E-state index in [-0.39, 0.29) is 18.0 Å². The highest BCUT2D eigenvalue weighted by molar-refractivity contribution is 6.32. The second-order valence-electron chi connectivity index (χ2n) is 5.20. The van der Waals surface area contributed by atoms with E-state index in [2.05, 4.69) is 5.32 Å². The van der Waals surface area contributed by atoms with E-state index in [1.54, 1.807) is 24.3 Å². The average molecular weight is 320 g/mol. The van der Waals surface area contributed by atoms with Crippen molar-refractivity contribution in [2.24, 2.45) is 5.73 Å². The molecule has 1 amide bonds. The number of carbonyl (C=O) groups is 2. The lowest BCUT2D eigenvalue weighted by Crippen LogP contribution is -2.30. The van der Waals surface area contributed by atoms with E-state index in [0.717, 1.165) is 5.56 Å². The number of alkyl carbamates (subject to hydrolysis) is 1. The molecule has 24 heavy (non-hydrogen) atoms. The molecule has 0 atom stereocenters. The van der Waals surface area contributed by atoms with Gasteiger partial charge in [-0.25, -0.2) is 4.79 Å². The Balaban J connectivity index is 2.03. The first kappa shape index (κ1) is 17.3. The highest BCUT2D eigenvalue weighted by Gasteiger charge is 2.17. The Hall–Kier alpha value is -3.02. The van der Waals surface area contributed by atoms with Gasteiger partial charge in [-0.3, -0.25) is 10.1 Å². The standard InChI is InChI=1S/C18H17BN2O3/c1-12(20)16(17(22)14-7-9-15(19)10-8-14)21-18(23)24-11-13-5-3-2-4-6-13/h2-10H,11,20H2,1H3,(H,21,23). The van der Waals surface area contributed by atoms with E-state index in [9.17, 15) is 9.59 Å². The van der Waals surface area contributed by atoms with Crippen molar-refractivity contribution in [2.75, 3.05) is 0 Å². The van der Waals surface area contributed by atoms with Gasteiger partial charge in [0.1, 0.15) is 20.2 Å². The van der Waals surface area contributed by atoms with Crippen LogP contribution in [-0.2, 0) is 11.3 Å². The molecule has 2 aromatic carbocycles. The summed E-state index contributed by atoms with van der Waals surface area (Å²) in [6.07, 6.45) is -0.748. The highest BCUT2D eigenvalue weighted by atomic mass is 16.5. The molecule has 0 aromatic heterocycles. The van der Waals surface area contributed by atoms with Gasteiger partial charge in [0, 0.05) is 11.3 Å². The number of hydrogen-bond donors (Lipinski definition) is 2. The molecule has 0 heterocycles. The fraction of sp³-hybridized carbons (Fsp3) is 0.111. The van der Waals surface area contributed by atoms with Gasteiger partial charge in [-0.1, -0.05) is 60.1 Å². The zero-order valence-corrected chi connectivity index (χ0v) is 13.3. The largest absolute Gasteiger partial charge is 0.444 e. The molecule has 0 spiro atoms. The van der Waals surface area contributed by atoms with Crippen LogP contribution in [0.25, 0.3) is 0 Å². The molecule has 0 aliphatic rings. The zero-order valence-electron chi connectivity index (χ0n) is 13.3. The molecule has 0 bridgehead atoms. The quantitative estimate of drug-likeness (QED) is 0.500. The normalized spacial score (nSPS) is 11.4. The number of allylic oxidation sites excluding steroid dienone is 2. The zero-order chi connectivity index (χ0) is 17.5. The van der Waals surface area contributed by atoms with Gasteiger partial charge < -0.3 is 10.5 Å². The van der Waals surface area contributed by atoms with Gasteiger partial charge in [-0.05, 0) is 12.5 Å². The van der Waals surface area contributed by atoms with Gasteiger partial charge in [0.05, 0.1) is 0 Å². The maximum absolute atomic E-state index is 12.5. The Morgan fingerprint density at radius 1 is 1.08 bits per heavy atom. The molecular formula is C18H17BN2O3. The van der Waals surface area contributed by atoms with Crippen molar-refractivity contribution in [3.63, 3.8) is 0 Å². The van der Waals surface area contributed by atoms with Crippen LogP contribution >= 0.6 is 0 Å². The topological polar surface area (TPSA) is 81.4 Å². The van der Waals surface area contributed by atoms with Gasteiger partial charge in [0.25, 0.3) is 0 Å². The number of ether oxygens (including phenoxy) is 1. The third kappa shape index (κ3) is 4.74. The van der Waals surface area contributed by atoms with Crippen molar-refractivity contribution in [3.05, 3.63) is 77.1 Å². The Bertz CT molecular complexity index is 752. The van der Waals surface area contributed by atoms with Crippen molar-refractivity contribution in [2.45, 2.75) is 13.5 Å². The van der Waals surface area contributed by atoms with E-state index in [1.807, 2.05) is 30.3 Å². The molecule has 2 rings (SSSR count). The summed E-state index contributed by atoms with van der Waals surface area (Å²) in [5.41, 5.74) is 7.64. The molecule has 5 nitrogen and oxygen atoms in total. The summed E-state index contributed by atoms with van der Waals surface area (Å²) in [5.74, 6) is -0.410. The number of benzene rings is 2. The Kier molecular flexibility index (Phi) is 5.79. The fourth-order valence-electron chi connectivity index (χ4n) is 1.97. The van der Waals surface area contributed by atoms with Crippen molar-refractivity contribution in [1.29, 1.82) is 0 Å². The molecule has 6 heteroatoms. The van der Waals surface area contributed by atoms with Crippen molar-refractivity contribution in [1.82, 2.24) is 5.32 Å². The van der Waals surface area contributed by atoms with Gasteiger partial charge in [0.2, 0.25) is 5.78 Å². The van der Waals surface area contributed by atoms with Crippen LogP contribution in [0.15, 0.2) is 66.0 Å². The molecular weight excluding hydrogens is 303 g/mol. The maximum atomic E-state index is 12.5. The predicted molar refractivity (Wildman–Crippen MR) is 92.8 cm³/mol. The molecule has 0 unspecified atom stereocenters. The molecule has 2 radical (unpaired) electrons. The summed E-state index contributed by atoms with van der Waals surface area (Å²) in [4.78, 5) is 24.4. The molecule has 2 aromatic rings. The van der Waals surface area contributed by atoms with E-state index < -0.39 is 11.9 Å². The van der Waals surface area contributed by atoms with Gasteiger partial charge >= 0.3 is 6.09 Å². The molecule has 120 valence electrons. The van der Waals surface area contributed by atoms with Crippen LogP contribution in [0, 0.1) is 0 Å². The molecule has 0 aliphatic heterocycles. The van der Waals surface area contributed by atoms with E-state index >= 15 is 0 Å². The smallest absolute Gasteiger partial charge is 0.412 e. The molecule has 0 fully saturated rings. The number of carbonyl (C=O) groups excluding carboxylic acids is 2. The van der Waals surface area contributed by atoms with Crippen LogP contribution in [0.4, 0.5) is 4.79 Å². The maximum Gasteiger partial charge on any atom is 0.412 e. The third-order valence-corrected chi connectivity index (χ3v) is 3.23. The SMILES string of the molecule is [B]c1ccc(C(=O)C(NC(=O)OCc2ccccc2)=C(C)N)cc1. The van der Waals surface area contributed by atoms with Crippen LogP contribution in [0.1, 0.15) is 22.8 Å². The summed E-state index contributed by atoms with van der Waals surface area (Å²) in [6.45, 7) is 1.63. The third-order valence-electron chi connectivity index (χ3n) is 3.23. The first-order valence-electron chi connectivity index (χ1n) is 7.31. The molecule has 0 aliphatic carbocycles. The Labute approximate surface area is 141 Å². The Morgan fingerprint density at radius 3 is 2.29 bits per heavy atom. The second kappa shape index (κ2) is 8.01. The fourth-order valence-corrected chi connectivity index (χ4v) is 1.97. The van der Waals surface area contributed by atoms with Crippen molar-refractivity contribution < 1.29 is 14.3 Å². The monoisotopic (exact) mass is 320 g/mol. The molecule has 3 N–H and O–H groups in total. The number of hydrogen-bond acceptors (Lipinski definition) is 4. The summed E-state index contributed by atoms with van der Waals surface area (Å²) in [6, 6.07) is 15.6. The minimum absolute atomic E-state index is 0.0159. The lowest BCUT2D eigenvalue weighted by atomic mass is 9.94. The first-order chi connectivity index (χ1) is 11.5. The van der Waals surface area contributed by atoms with Crippen LogP contribution in [-0.4, -0.2) is 19.7 Å². The number of nitrogens with two attached hydrogens (primary N) is 1. The van der Waals surface area contributed by atoms with Gasteiger partial charge in [0.15, 0.2) is 0 Å². The number of nitrogens with one attached hydrogen (secondary N) is 1. The number of rotatable bonds is 5. The van der Waals surface area contributed by atoms with E-state index in [1.165, 1.54) is 6.92 Å². The summed E-state index contributed by atoms with van der Waals surface area (Å²) >= 11 is 0. The van der Waals surface area contributed by atoms with Gasteiger partial charge in [-0.15, -0.1) is 0 Å². The molecule has 0 saturated heterocycles. The van der Waals surface area contributed by atoms with Gasteiger partial charge in [-0.2, -0.15) is 0 Å². The van der Waals surface area contributed by atoms with E-state index in [4.69, 9.17) is 18.3 Å². The number of ketones is 1. The summed E-state index contributed by atoms with van der Waals surface area (Å²) in [5, 5.41) is 2.41. The second-order valence-corrected chi connectivity index (χ2v) is 5.20. The minimum atomic E-state index is -0.748. The lowest BCUT2D eigenvalue weighted by molar-refractivity contribution is 0.101. The van der Waals surface area contributed by atoms with Crippen molar-refractivity contribution >= 4 is 25.2 Å². The van der Waals surface area contributed by atoms with Crippen LogP contribution in [0.2, 0.25) is 0 Å². The van der Waals surface area contributed by atoms with Crippen molar-refractivity contribution in [3.8, 4) is 0 Å². The highest BCUT2D eigenvalue weighted by Crippen LogP contribution is 2.08. The van der Waals surface area contributed by atoms with E-state index in [0.29, 0.717) is 11.0 Å². The first-order valence-corrected chi connectivity index (χ1v) is 7.31. The lowest BCUT2D eigenvalue weighted by Gasteiger charge is -2.12. The minimum Gasteiger partial charge on any atom is -0.444 e. The predicted octanol–water partition coefficient (Wildman–Crippen LogP) is 1.78. The average Bonchev–Trinajstić information content (AvgIpc) is 2.58. The number of Topliss-reactive ketones (excluding diaryl/α,β-unsaturated/α-hetero) is 1. The number of amides is 1. The van der Waals surface area contributed by atoms with Crippen LogP contribution in [0.3, 0.4) is 0 Å². The van der Waals surface area contributed by atoms with Crippen LogP contribution < -0.4 is 16.5 Å². The molecule has 0 saturated carbocycles. The Morgan fingerprint density at radius 2 is 1.71 bits per heavy atom. The summed E-state index contributed by atoms with van der Waals surface area (Å²) < 4.78 is 5.10. The van der Waals surface area contributed by atoms with Crippen LogP contribution in [0.5, 0.6) is 0 Å². The summed E-state index contributed by atoms with van der Waals surface area (Å²) in [7, 11) is 5.60.